The molecule has 31 heavy (non-hydrogen) atoms. The maximum Gasteiger partial charge on any atom is 0.429 e. The zero-order valence-electron chi connectivity index (χ0n) is 19.2. The Hall–Kier alpha value is -2.81. The monoisotopic (exact) mass is 431 g/mol. The number of carbonyl (C=O) groups is 2. The van der Waals surface area contributed by atoms with Gasteiger partial charge in [0.2, 0.25) is 0 Å². The van der Waals surface area contributed by atoms with Crippen LogP contribution in [-0.4, -0.2) is 56.8 Å². The summed E-state index contributed by atoms with van der Waals surface area (Å²) >= 11 is 0. The number of carbonyl (C=O) groups excluding carboxylic acids is 2. The van der Waals surface area contributed by atoms with Crippen LogP contribution in [0.25, 0.3) is 5.65 Å². The van der Waals surface area contributed by atoms with Crippen LogP contribution in [0.4, 0.5) is 15.3 Å². The highest BCUT2D eigenvalue weighted by molar-refractivity contribution is 5.87. The molecule has 1 fully saturated rings. The lowest BCUT2D eigenvalue weighted by Crippen LogP contribution is -2.56. The van der Waals surface area contributed by atoms with E-state index in [1.54, 1.807) is 11.1 Å². The number of pyridine rings is 1. The molecule has 0 aliphatic carbocycles. The minimum Gasteiger partial charge on any atom is -0.444 e. The number of hydrogen-bond donors (Lipinski definition) is 1. The Bertz CT molecular complexity index is 928. The van der Waals surface area contributed by atoms with Crippen LogP contribution in [0, 0.1) is 0 Å². The smallest absolute Gasteiger partial charge is 0.429 e. The average molecular weight is 432 g/mol. The van der Waals surface area contributed by atoms with Gasteiger partial charge < -0.3 is 18.8 Å². The van der Waals surface area contributed by atoms with Gasteiger partial charge in [-0.15, -0.1) is 0 Å². The van der Waals surface area contributed by atoms with Crippen LogP contribution in [0.15, 0.2) is 30.7 Å². The van der Waals surface area contributed by atoms with Crippen molar-refractivity contribution in [1.29, 1.82) is 0 Å². The zero-order chi connectivity index (χ0) is 22.8. The maximum atomic E-state index is 13.0. The van der Waals surface area contributed by atoms with Gasteiger partial charge in [-0.1, -0.05) is 0 Å². The second-order valence-electron chi connectivity index (χ2n) is 9.79. The normalized spacial score (nSPS) is 17.5. The van der Waals surface area contributed by atoms with Gasteiger partial charge in [-0.05, 0) is 66.5 Å². The minimum absolute atomic E-state index is 0.132. The molecule has 1 unspecified atom stereocenters. The van der Waals surface area contributed by atoms with Crippen LogP contribution in [0.1, 0.15) is 54.4 Å². The Kier molecular flexibility index (Phi) is 6.45. The number of likely N-dealkylation sites (tertiary alicyclic amines) is 1. The third kappa shape index (κ3) is 6.33. The molecule has 0 saturated carbocycles. The van der Waals surface area contributed by atoms with Gasteiger partial charge in [-0.3, -0.25) is 0 Å². The molecule has 2 aromatic heterocycles. The molecular formula is C22H33N5O4. The quantitative estimate of drug-likeness (QED) is 0.740. The fourth-order valence-corrected chi connectivity index (χ4v) is 3.34. The maximum absolute atomic E-state index is 13.0. The lowest BCUT2D eigenvalue weighted by molar-refractivity contribution is 0.0184. The summed E-state index contributed by atoms with van der Waals surface area (Å²) in [4.78, 5) is 31.5. The number of ether oxygens (including phenoxy) is 2. The molecule has 1 atom stereocenters. The number of aromatic nitrogens is 2. The molecule has 0 bridgehead atoms. The first-order chi connectivity index (χ1) is 14.4. The zero-order valence-corrected chi connectivity index (χ0v) is 19.2. The van der Waals surface area contributed by atoms with E-state index in [0.29, 0.717) is 18.8 Å². The Labute approximate surface area is 183 Å². The van der Waals surface area contributed by atoms with Gasteiger partial charge in [0.15, 0.2) is 0 Å². The lowest BCUT2D eigenvalue weighted by atomic mass is 10.1. The minimum atomic E-state index is -0.648. The Balaban J connectivity index is 1.79. The molecule has 1 aliphatic heterocycles. The van der Waals surface area contributed by atoms with E-state index in [2.05, 4.69) is 10.4 Å². The first-order valence-corrected chi connectivity index (χ1v) is 10.6. The first kappa shape index (κ1) is 22.9. The number of nitrogens with one attached hydrogen (secondary N) is 1. The molecule has 9 heteroatoms. The Morgan fingerprint density at radius 2 is 1.84 bits per heavy atom. The van der Waals surface area contributed by atoms with Crippen LogP contribution < -0.4 is 10.4 Å². The highest BCUT2D eigenvalue weighted by Crippen LogP contribution is 2.21. The molecule has 0 spiro atoms. The number of imidazole rings is 1. The molecule has 1 saturated heterocycles. The predicted octanol–water partition coefficient (Wildman–Crippen LogP) is 3.98. The SMILES string of the molecule is CC(C)(C)OC(=O)N1CCCC(NN(C(=O)OC(C)(C)C)c2ccc3nccn3c2)C1. The molecule has 1 N–H and O–H groups in total. The number of hydrazine groups is 1. The van der Waals surface area contributed by atoms with Crippen molar-refractivity contribution in [3.8, 4) is 0 Å². The summed E-state index contributed by atoms with van der Waals surface area (Å²) in [5.74, 6) is 0. The van der Waals surface area contributed by atoms with Crippen molar-refractivity contribution in [3.05, 3.63) is 30.7 Å². The van der Waals surface area contributed by atoms with Crippen LogP contribution in [0.3, 0.4) is 0 Å². The summed E-state index contributed by atoms with van der Waals surface area (Å²) in [6.07, 6.45) is 6.09. The lowest BCUT2D eigenvalue weighted by Gasteiger charge is -2.37. The molecule has 3 rings (SSSR count). The predicted molar refractivity (Wildman–Crippen MR) is 118 cm³/mol. The summed E-state index contributed by atoms with van der Waals surface area (Å²) < 4.78 is 13.0. The topological polar surface area (TPSA) is 88.4 Å². The summed E-state index contributed by atoms with van der Waals surface area (Å²) in [6.45, 7) is 12.1. The number of anilines is 1. The van der Waals surface area contributed by atoms with Gasteiger partial charge in [-0.2, -0.15) is 0 Å². The highest BCUT2D eigenvalue weighted by atomic mass is 16.6. The van der Waals surface area contributed by atoms with Crippen LogP contribution in [-0.2, 0) is 9.47 Å². The summed E-state index contributed by atoms with van der Waals surface area (Å²) in [6, 6.07) is 3.52. The van der Waals surface area contributed by atoms with Crippen molar-refractivity contribution in [3.63, 3.8) is 0 Å². The fourth-order valence-electron chi connectivity index (χ4n) is 3.34. The molecule has 170 valence electrons. The third-order valence-corrected chi connectivity index (χ3v) is 4.59. The van der Waals surface area contributed by atoms with E-state index in [4.69, 9.17) is 9.47 Å². The summed E-state index contributed by atoms with van der Waals surface area (Å²) in [5, 5.41) is 1.41. The van der Waals surface area contributed by atoms with E-state index in [1.165, 1.54) is 5.01 Å². The third-order valence-electron chi connectivity index (χ3n) is 4.59. The van der Waals surface area contributed by atoms with E-state index in [0.717, 1.165) is 18.5 Å². The van der Waals surface area contributed by atoms with Crippen LogP contribution >= 0.6 is 0 Å². The second kappa shape index (κ2) is 8.74. The van der Waals surface area contributed by atoms with E-state index in [9.17, 15) is 9.59 Å². The van der Waals surface area contributed by atoms with Crippen molar-refractivity contribution in [1.82, 2.24) is 19.7 Å². The first-order valence-electron chi connectivity index (χ1n) is 10.6. The molecule has 0 aromatic carbocycles. The Morgan fingerprint density at radius 1 is 1.13 bits per heavy atom. The van der Waals surface area contributed by atoms with Crippen molar-refractivity contribution in [2.75, 3.05) is 18.1 Å². The largest absolute Gasteiger partial charge is 0.444 e. The Morgan fingerprint density at radius 3 is 2.52 bits per heavy atom. The molecular weight excluding hydrogens is 398 g/mol. The number of piperidine rings is 1. The van der Waals surface area contributed by atoms with Gasteiger partial charge in [0.05, 0.1) is 5.69 Å². The molecule has 9 nitrogen and oxygen atoms in total. The summed E-state index contributed by atoms with van der Waals surface area (Å²) in [7, 11) is 0. The van der Waals surface area contributed by atoms with E-state index in [1.807, 2.05) is 70.5 Å². The number of hydrogen-bond acceptors (Lipinski definition) is 6. The highest BCUT2D eigenvalue weighted by Gasteiger charge is 2.31. The van der Waals surface area contributed by atoms with Gasteiger partial charge in [-0.25, -0.2) is 25.0 Å². The average Bonchev–Trinajstić information content (AvgIpc) is 3.11. The van der Waals surface area contributed by atoms with Gasteiger partial charge in [0.25, 0.3) is 0 Å². The van der Waals surface area contributed by atoms with Crippen molar-refractivity contribution in [2.45, 2.75) is 71.6 Å². The molecule has 2 aromatic rings. The number of nitrogens with zero attached hydrogens (tertiary/aromatic N) is 4. The van der Waals surface area contributed by atoms with Crippen LogP contribution in [0.2, 0.25) is 0 Å². The van der Waals surface area contributed by atoms with Gasteiger partial charge in [0, 0.05) is 37.7 Å². The van der Waals surface area contributed by atoms with E-state index in [-0.39, 0.29) is 12.1 Å². The molecule has 0 radical (unpaired) electrons. The summed E-state index contributed by atoms with van der Waals surface area (Å²) in [5.41, 5.74) is 3.47. The number of fused-ring (bicyclic) bond motifs is 1. The van der Waals surface area contributed by atoms with Crippen molar-refractivity contribution < 1.29 is 19.1 Å². The molecule has 3 heterocycles. The van der Waals surface area contributed by atoms with Crippen LogP contribution in [0.5, 0.6) is 0 Å². The van der Waals surface area contributed by atoms with E-state index < -0.39 is 17.3 Å². The van der Waals surface area contributed by atoms with Gasteiger partial charge >= 0.3 is 12.2 Å². The number of amides is 2. The fraction of sp³-hybridized carbons (Fsp3) is 0.591. The van der Waals surface area contributed by atoms with Crippen molar-refractivity contribution in [2.24, 2.45) is 0 Å². The van der Waals surface area contributed by atoms with Crippen molar-refractivity contribution >= 4 is 23.5 Å². The standard InChI is InChI=1S/C22H33N5O4/c1-21(2,3)30-19(28)26-12-7-8-16(14-26)24-27(20(29)31-22(4,5)6)17-9-10-18-23-11-13-25(18)15-17/h9-11,13,15-16,24H,7-8,12,14H2,1-6H3. The molecule has 2 amide bonds. The molecule has 1 aliphatic rings. The second-order valence-corrected chi connectivity index (χ2v) is 9.79. The van der Waals surface area contributed by atoms with Gasteiger partial charge in [0.1, 0.15) is 16.8 Å². The van der Waals surface area contributed by atoms with E-state index >= 15 is 0 Å². The number of rotatable bonds is 3.